The molecule has 180 valence electrons. The molecule has 8 heteroatoms. The molecule has 0 radical (unpaired) electrons. The van der Waals surface area contributed by atoms with Crippen molar-refractivity contribution in [3.05, 3.63) is 142 Å². The lowest BCUT2D eigenvalue weighted by molar-refractivity contribution is -0.156. The number of benzene rings is 4. The van der Waals surface area contributed by atoms with E-state index in [0.717, 1.165) is 0 Å². The fourth-order valence-corrected chi connectivity index (χ4v) is 2.58. The fraction of sp³-hybridized carbons (Fsp3) is 0. The standard InChI is InChI=1S/C16H8O8.2C6H6/c17-13(21-9-5-2-1-3-6-9)14(18)22-10-7-4-8-11-12(10)24-16(20)15(19)23-11;2*1-2-4-6-5-3-1/h1-8H;2*1-6H. The van der Waals surface area contributed by atoms with E-state index in [0.29, 0.717) is 0 Å². The summed E-state index contributed by atoms with van der Waals surface area (Å²) in [6.45, 7) is 0. The quantitative estimate of drug-likeness (QED) is 0.202. The van der Waals surface area contributed by atoms with Gasteiger partial charge in [-0.15, -0.1) is 0 Å². The number of hydrogen-bond donors (Lipinski definition) is 0. The minimum Gasteiger partial charge on any atom is -0.418 e. The number of hydrogen-bond acceptors (Lipinski definition) is 8. The third-order valence-electron chi connectivity index (χ3n) is 4.16. The maximum Gasteiger partial charge on any atom is 0.423 e. The van der Waals surface area contributed by atoms with Crippen molar-refractivity contribution < 1.29 is 27.9 Å². The van der Waals surface area contributed by atoms with Crippen LogP contribution in [0, 0.1) is 0 Å². The number of carbonyl (C=O) groups is 2. The van der Waals surface area contributed by atoms with Crippen molar-refractivity contribution in [2.75, 3.05) is 0 Å². The summed E-state index contributed by atoms with van der Waals surface area (Å²) < 4.78 is 19.1. The molecule has 0 N–H and O–H groups in total. The number of ether oxygens (including phenoxy) is 2. The summed E-state index contributed by atoms with van der Waals surface area (Å²) in [5, 5.41) is 0. The fourth-order valence-electron chi connectivity index (χ4n) is 2.58. The zero-order valence-corrected chi connectivity index (χ0v) is 18.8. The highest BCUT2D eigenvalue weighted by Crippen LogP contribution is 2.23. The first-order valence-corrected chi connectivity index (χ1v) is 10.6. The second-order valence-corrected chi connectivity index (χ2v) is 6.76. The van der Waals surface area contributed by atoms with E-state index >= 15 is 0 Å². The number of esters is 2. The summed E-state index contributed by atoms with van der Waals surface area (Å²) in [6, 6.07) is 35.9. The van der Waals surface area contributed by atoms with Crippen LogP contribution in [0.25, 0.3) is 11.2 Å². The molecule has 0 saturated heterocycles. The molecule has 36 heavy (non-hydrogen) atoms. The Balaban J connectivity index is 0.000000244. The van der Waals surface area contributed by atoms with Gasteiger partial charge in [0.1, 0.15) is 5.75 Å². The first-order valence-electron chi connectivity index (χ1n) is 10.6. The Bertz CT molecular complexity index is 1410. The predicted molar refractivity (Wildman–Crippen MR) is 132 cm³/mol. The molecular weight excluding hydrogens is 464 g/mol. The Morgan fingerprint density at radius 1 is 0.500 bits per heavy atom. The van der Waals surface area contributed by atoms with Gasteiger partial charge in [-0.3, -0.25) is 0 Å². The maximum atomic E-state index is 11.8. The average Bonchev–Trinajstić information content (AvgIpc) is 2.93. The molecule has 5 rings (SSSR count). The molecule has 0 aliphatic heterocycles. The van der Waals surface area contributed by atoms with Crippen LogP contribution < -0.4 is 20.7 Å². The molecule has 0 amide bonds. The van der Waals surface area contributed by atoms with Crippen LogP contribution >= 0.6 is 0 Å². The molecular formula is C28H20O8. The van der Waals surface area contributed by atoms with E-state index in [4.69, 9.17) is 18.3 Å². The Hall–Kier alpha value is -5.24. The van der Waals surface area contributed by atoms with Gasteiger partial charge in [0.05, 0.1) is 0 Å². The number of fused-ring (bicyclic) bond motifs is 1. The van der Waals surface area contributed by atoms with Gasteiger partial charge in [-0.2, -0.15) is 0 Å². The van der Waals surface area contributed by atoms with Crippen molar-refractivity contribution in [2.24, 2.45) is 0 Å². The van der Waals surface area contributed by atoms with Crippen LogP contribution in [0.2, 0.25) is 0 Å². The van der Waals surface area contributed by atoms with Crippen LogP contribution in [-0.4, -0.2) is 11.9 Å². The number of para-hydroxylation sites is 2. The summed E-state index contributed by atoms with van der Waals surface area (Å²) in [5.41, 5.74) is -2.85. The van der Waals surface area contributed by atoms with E-state index in [1.807, 2.05) is 72.8 Å². The first kappa shape index (κ1) is 25.4. The monoisotopic (exact) mass is 484 g/mol. The molecule has 0 aliphatic rings. The van der Waals surface area contributed by atoms with Crippen LogP contribution in [0.3, 0.4) is 0 Å². The van der Waals surface area contributed by atoms with E-state index in [1.54, 1.807) is 18.2 Å². The molecule has 0 atom stereocenters. The van der Waals surface area contributed by atoms with Gasteiger partial charge < -0.3 is 18.3 Å². The van der Waals surface area contributed by atoms with Gasteiger partial charge in [-0.25, -0.2) is 19.2 Å². The van der Waals surface area contributed by atoms with Crippen molar-refractivity contribution in [1.29, 1.82) is 0 Å². The molecule has 4 aromatic carbocycles. The maximum absolute atomic E-state index is 11.8. The van der Waals surface area contributed by atoms with E-state index in [1.165, 1.54) is 30.3 Å². The average molecular weight is 484 g/mol. The number of rotatable bonds is 2. The zero-order valence-electron chi connectivity index (χ0n) is 18.8. The Kier molecular flexibility index (Phi) is 9.49. The van der Waals surface area contributed by atoms with E-state index < -0.39 is 23.2 Å². The molecule has 0 aliphatic carbocycles. The van der Waals surface area contributed by atoms with Crippen molar-refractivity contribution >= 4 is 23.1 Å². The van der Waals surface area contributed by atoms with E-state index in [9.17, 15) is 19.2 Å². The minimum atomic E-state index is -1.33. The number of carbonyl (C=O) groups excluding carboxylic acids is 2. The third kappa shape index (κ3) is 7.96. The molecule has 0 bridgehead atoms. The molecule has 5 aromatic rings. The van der Waals surface area contributed by atoms with Gasteiger partial charge in [-0.05, 0) is 24.3 Å². The minimum absolute atomic E-state index is 0.110. The molecule has 0 unspecified atom stereocenters. The van der Waals surface area contributed by atoms with Gasteiger partial charge in [0.15, 0.2) is 11.3 Å². The van der Waals surface area contributed by atoms with Crippen molar-refractivity contribution in [3.63, 3.8) is 0 Å². The van der Waals surface area contributed by atoms with Crippen LogP contribution in [0.4, 0.5) is 0 Å². The highest BCUT2D eigenvalue weighted by Gasteiger charge is 2.22. The van der Waals surface area contributed by atoms with Crippen molar-refractivity contribution in [3.8, 4) is 11.5 Å². The Morgan fingerprint density at radius 2 is 0.944 bits per heavy atom. The third-order valence-corrected chi connectivity index (χ3v) is 4.16. The van der Waals surface area contributed by atoms with Crippen LogP contribution in [0.1, 0.15) is 0 Å². The molecule has 0 spiro atoms. The first-order chi connectivity index (χ1) is 17.5. The van der Waals surface area contributed by atoms with E-state index in [2.05, 4.69) is 0 Å². The highest BCUT2D eigenvalue weighted by molar-refractivity contribution is 6.31. The van der Waals surface area contributed by atoms with Gasteiger partial charge in [0.2, 0.25) is 5.58 Å². The Labute approximate surface area is 205 Å². The smallest absolute Gasteiger partial charge is 0.418 e. The molecule has 1 heterocycles. The second kappa shape index (κ2) is 13.5. The molecule has 8 nitrogen and oxygen atoms in total. The topological polar surface area (TPSA) is 113 Å². The highest BCUT2D eigenvalue weighted by atomic mass is 16.6. The summed E-state index contributed by atoms with van der Waals surface area (Å²) in [5.74, 6) is -2.70. The summed E-state index contributed by atoms with van der Waals surface area (Å²) >= 11 is 0. The lowest BCUT2D eigenvalue weighted by atomic mass is 10.3. The van der Waals surface area contributed by atoms with Gasteiger partial charge >= 0.3 is 23.2 Å². The largest absolute Gasteiger partial charge is 0.423 e. The molecule has 1 aromatic heterocycles. The second-order valence-electron chi connectivity index (χ2n) is 6.76. The predicted octanol–water partition coefficient (Wildman–Crippen LogP) is 4.63. The summed E-state index contributed by atoms with van der Waals surface area (Å²) in [4.78, 5) is 45.9. The zero-order chi connectivity index (χ0) is 25.6. The van der Waals surface area contributed by atoms with Crippen LogP contribution in [0.5, 0.6) is 11.5 Å². The van der Waals surface area contributed by atoms with Crippen LogP contribution in [-0.2, 0) is 9.59 Å². The van der Waals surface area contributed by atoms with E-state index in [-0.39, 0.29) is 22.7 Å². The lowest BCUT2D eigenvalue weighted by Gasteiger charge is -2.05. The molecule has 0 saturated carbocycles. The van der Waals surface area contributed by atoms with Gasteiger partial charge in [0.25, 0.3) is 0 Å². The van der Waals surface area contributed by atoms with Crippen molar-refractivity contribution in [1.82, 2.24) is 0 Å². The summed E-state index contributed by atoms with van der Waals surface area (Å²) in [6.07, 6.45) is 0. The lowest BCUT2D eigenvalue weighted by Crippen LogP contribution is -2.26. The van der Waals surface area contributed by atoms with Crippen molar-refractivity contribution in [2.45, 2.75) is 0 Å². The SMILES string of the molecule is O=C(Oc1ccccc1)C(=O)Oc1cccc2oc(=O)c(=O)oc12.c1ccccc1.c1ccccc1. The summed E-state index contributed by atoms with van der Waals surface area (Å²) in [7, 11) is 0. The van der Waals surface area contributed by atoms with Crippen LogP contribution in [0.15, 0.2) is 140 Å². The van der Waals surface area contributed by atoms with Gasteiger partial charge in [-0.1, -0.05) is 97.1 Å². The normalized spacial score (nSPS) is 9.56. The molecule has 0 fully saturated rings. The Morgan fingerprint density at radius 3 is 1.47 bits per heavy atom. The van der Waals surface area contributed by atoms with Gasteiger partial charge in [0, 0.05) is 0 Å².